The van der Waals surface area contributed by atoms with Gasteiger partial charge in [-0.05, 0) is 29.8 Å². The van der Waals surface area contributed by atoms with Gasteiger partial charge in [0.05, 0.1) is 0 Å². The van der Waals surface area contributed by atoms with Crippen LogP contribution in [0.3, 0.4) is 0 Å². The van der Waals surface area contributed by atoms with Crippen molar-refractivity contribution in [3.63, 3.8) is 0 Å². The number of halogens is 1. The lowest BCUT2D eigenvalue weighted by molar-refractivity contribution is -0.131. The van der Waals surface area contributed by atoms with E-state index in [4.69, 9.17) is 11.6 Å². The molecule has 1 fully saturated rings. The van der Waals surface area contributed by atoms with Gasteiger partial charge in [-0.3, -0.25) is 9.59 Å². The first-order chi connectivity index (χ1) is 14.6. The maximum absolute atomic E-state index is 13.4. The average molecular weight is 415 g/mol. The largest absolute Gasteiger partial charge is 0.306 e. The fourth-order valence-electron chi connectivity index (χ4n) is 4.57. The van der Waals surface area contributed by atoms with E-state index in [1.165, 1.54) is 0 Å². The maximum atomic E-state index is 13.4. The van der Waals surface area contributed by atoms with Crippen molar-refractivity contribution in [2.45, 2.75) is 5.66 Å². The lowest BCUT2D eigenvalue weighted by Crippen LogP contribution is -2.51. The van der Waals surface area contributed by atoms with Gasteiger partial charge in [0, 0.05) is 40.9 Å². The smallest absolute Gasteiger partial charge is 0.256 e. The Morgan fingerprint density at radius 1 is 0.900 bits per heavy atom. The summed E-state index contributed by atoms with van der Waals surface area (Å²) in [6.45, 7) is 0.932. The molecule has 2 aliphatic rings. The van der Waals surface area contributed by atoms with Gasteiger partial charge in [0.15, 0.2) is 5.66 Å². The van der Waals surface area contributed by atoms with E-state index in [1.54, 1.807) is 28.0 Å². The molecule has 0 aliphatic carbocycles. The Hall–Kier alpha value is -3.37. The van der Waals surface area contributed by atoms with E-state index in [1.807, 2.05) is 72.8 Å². The number of benzene rings is 3. The minimum atomic E-state index is -0.962. The lowest BCUT2D eigenvalue weighted by Gasteiger charge is -2.40. The zero-order valence-electron chi connectivity index (χ0n) is 16.2. The third-order valence-electron chi connectivity index (χ3n) is 5.84. The Kier molecular flexibility index (Phi) is 4.44. The van der Waals surface area contributed by atoms with Crippen LogP contribution in [0.2, 0.25) is 5.02 Å². The third-order valence-corrected chi connectivity index (χ3v) is 6.09. The summed E-state index contributed by atoms with van der Waals surface area (Å²) in [4.78, 5) is 30.2. The number of hydrogen-bond donors (Lipinski definition) is 0. The molecule has 0 radical (unpaired) electrons. The topological polar surface area (TPSA) is 40.6 Å². The number of fused-ring (bicyclic) bond motifs is 3. The van der Waals surface area contributed by atoms with Gasteiger partial charge in [-0.2, -0.15) is 0 Å². The molecule has 2 amide bonds. The maximum Gasteiger partial charge on any atom is 0.256 e. The molecular formula is C25H19ClN2O2. The summed E-state index contributed by atoms with van der Waals surface area (Å²) in [5.41, 5.74) is 2.30. The summed E-state index contributed by atoms with van der Waals surface area (Å²) in [5, 5.41) is 0.610. The Balaban J connectivity index is 1.65. The van der Waals surface area contributed by atoms with E-state index in [0.717, 1.165) is 16.7 Å². The van der Waals surface area contributed by atoms with Crippen molar-refractivity contribution in [3.05, 3.63) is 112 Å². The van der Waals surface area contributed by atoms with Crippen molar-refractivity contribution in [3.8, 4) is 0 Å². The predicted octanol–water partition coefficient (Wildman–Crippen LogP) is 4.55. The SMILES string of the molecule is O=C(C=Cc1ccccc1)N1CCN2C(=O)c3ccccc3C12c1ccc(Cl)cc1. The van der Waals surface area contributed by atoms with Crippen LogP contribution in [0.1, 0.15) is 27.0 Å². The summed E-state index contributed by atoms with van der Waals surface area (Å²) in [6, 6.07) is 24.6. The molecular weight excluding hydrogens is 396 g/mol. The molecule has 0 N–H and O–H groups in total. The van der Waals surface area contributed by atoms with Gasteiger partial charge in [-0.25, -0.2) is 0 Å². The lowest BCUT2D eigenvalue weighted by atomic mass is 9.90. The van der Waals surface area contributed by atoms with E-state index < -0.39 is 5.66 Å². The molecule has 0 spiro atoms. The van der Waals surface area contributed by atoms with Gasteiger partial charge in [-0.1, -0.05) is 72.3 Å². The van der Waals surface area contributed by atoms with Gasteiger partial charge in [0.2, 0.25) is 5.91 Å². The van der Waals surface area contributed by atoms with Gasteiger partial charge in [-0.15, -0.1) is 0 Å². The number of amides is 2. The fourth-order valence-corrected chi connectivity index (χ4v) is 4.69. The average Bonchev–Trinajstić information content (AvgIpc) is 3.29. The molecule has 1 saturated heterocycles. The summed E-state index contributed by atoms with van der Waals surface area (Å²) >= 11 is 6.13. The monoisotopic (exact) mass is 414 g/mol. The normalized spacial score (nSPS) is 20.0. The Bertz CT molecular complexity index is 1160. The first kappa shape index (κ1) is 18.6. The molecule has 0 bridgehead atoms. The molecule has 5 rings (SSSR count). The predicted molar refractivity (Wildman–Crippen MR) is 117 cm³/mol. The molecule has 2 heterocycles. The van der Waals surface area contributed by atoms with Crippen LogP contribution in [0.15, 0.2) is 84.9 Å². The quantitative estimate of drug-likeness (QED) is 0.590. The number of carbonyl (C=O) groups excluding carboxylic acids is 2. The first-order valence-electron chi connectivity index (χ1n) is 9.84. The molecule has 30 heavy (non-hydrogen) atoms. The second-order valence-electron chi connectivity index (χ2n) is 7.42. The molecule has 0 aromatic heterocycles. The Morgan fingerprint density at radius 2 is 1.60 bits per heavy atom. The van der Waals surface area contributed by atoms with E-state index >= 15 is 0 Å². The highest BCUT2D eigenvalue weighted by Gasteiger charge is 2.59. The van der Waals surface area contributed by atoms with Crippen LogP contribution in [-0.4, -0.2) is 34.7 Å². The molecule has 0 saturated carbocycles. The highest BCUT2D eigenvalue weighted by Crippen LogP contribution is 2.49. The van der Waals surface area contributed by atoms with Gasteiger partial charge in [0.25, 0.3) is 5.91 Å². The van der Waals surface area contributed by atoms with Crippen molar-refractivity contribution in [2.75, 3.05) is 13.1 Å². The standard InChI is InChI=1S/C25H19ClN2O2/c26-20-13-11-19(12-14-20)25-22-9-5-4-8-21(22)24(30)28(25)17-16-27(25)23(29)15-10-18-6-2-1-3-7-18/h1-15H,16-17H2. The van der Waals surface area contributed by atoms with Crippen molar-refractivity contribution < 1.29 is 9.59 Å². The zero-order chi connectivity index (χ0) is 20.7. The van der Waals surface area contributed by atoms with Gasteiger partial charge < -0.3 is 9.80 Å². The first-order valence-corrected chi connectivity index (χ1v) is 10.2. The van der Waals surface area contributed by atoms with E-state index in [-0.39, 0.29) is 11.8 Å². The van der Waals surface area contributed by atoms with E-state index in [0.29, 0.717) is 23.7 Å². The molecule has 148 valence electrons. The van der Waals surface area contributed by atoms with E-state index in [2.05, 4.69) is 0 Å². The van der Waals surface area contributed by atoms with Crippen molar-refractivity contribution in [1.82, 2.24) is 9.80 Å². The van der Waals surface area contributed by atoms with Crippen LogP contribution < -0.4 is 0 Å². The zero-order valence-corrected chi connectivity index (χ0v) is 16.9. The molecule has 3 aromatic rings. The van der Waals surface area contributed by atoms with Gasteiger partial charge >= 0.3 is 0 Å². The molecule has 2 aliphatic heterocycles. The van der Waals surface area contributed by atoms with Crippen LogP contribution in [-0.2, 0) is 10.5 Å². The van der Waals surface area contributed by atoms with Crippen LogP contribution in [0.4, 0.5) is 0 Å². The van der Waals surface area contributed by atoms with E-state index in [9.17, 15) is 9.59 Å². The van der Waals surface area contributed by atoms with Crippen LogP contribution in [0.25, 0.3) is 6.08 Å². The Labute approximate surface area is 180 Å². The fraction of sp³-hybridized carbons (Fsp3) is 0.120. The highest BCUT2D eigenvalue weighted by molar-refractivity contribution is 6.30. The number of rotatable bonds is 3. The minimum Gasteiger partial charge on any atom is -0.306 e. The van der Waals surface area contributed by atoms with Crippen LogP contribution in [0, 0.1) is 0 Å². The third kappa shape index (κ3) is 2.68. The number of nitrogens with zero attached hydrogens (tertiary/aromatic N) is 2. The van der Waals surface area contributed by atoms with Crippen molar-refractivity contribution >= 4 is 29.5 Å². The summed E-state index contributed by atoms with van der Waals surface area (Å²) in [6.07, 6.45) is 3.39. The summed E-state index contributed by atoms with van der Waals surface area (Å²) in [7, 11) is 0. The van der Waals surface area contributed by atoms with Crippen molar-refractivity contribution in [2.24, 2.45) is 0 Å². The van der Waals surface area contributed by atoms with Crippen LogP contribution in [0.5, 0.6) is 0 Å². The molecule has 3 aromatic carbocycles. The molecule has 4 nitrogen and oxygen atoms in total. The second-order valence-corrected chi connectivity index (χ2v) is 7.85. The Morgan fingerprint density at radius 3 is 2.37 bits per heavy atom. The summed E-state index contributed by atoms with van der Waals surface area (Å²) in [5.74, 6) is -0.191. The highest BCUT2D eigenvalue weighted by atomic mass is 35.5. The number of carbonyl (C=O) groups is 2. The summed E-state index contributed by atoms with van der Waals surface area (Å²) < 4.78 is 0. The molecule has 1 atom stereocenters. The number of hydrogen-bond acceptors (Lipinski definition) is 2. The minimum absolute atomic E-state index is 0.0529. The van der Waals surface area contributed by atoms with Crippen LogP contribution >= 0.6 is 11.6 Å². The molecule has 1 unspecified atom stereocenters. The van der Waals surface area contributed by atoms with Gasteiger partial charge in [0.1, 0.15) is 0 Å². The second kappa shape index (κ2) is 7.15. The van der Waals surface area contributed by atoms with Crippen molar-refractivity contribution in [1.29, 1.82) is 0 Å². The molecule has 5 heteroatoms.